The average Bonchev–Trinajstić information content (AvgIpc) is 3.81. The fourth-order valence-corrected chi connectivity index (χ4v) is 6.65. The molecule has 1 aromatic heterocycles. The molecular weight excluding hydrogens is 727 g/mol. The Hall–Kier alpha value is -7.92. The lowest BCUT2D eigenvalue weighted by molar-refractivity contribution is -0.113. The van der Waals surface area contributed by atoms with Gasteiger partial charge in [-0.2, -0.15) is 5.10 Å². The number of aromatic amines is 1. The molecule has 0 spiro atoms. The Morgan fingerprint density at radius 3 is 2.10 bits per heavy atom. The highest BCUT2D eigenvalue weighted by molar-refractivity contribution is 6.33. The summed E-state index contributed by atoms with van der Waals surface area (Å²) in [5.74, 6) is 0.693. The Balaban J connectivity index is 1.11. The van der Waals surface area contributed by atoms with Gasteiger partial charge in [0.2, 0.25) is 5.84 Å². The Morgan fingerprint density at radius 2 is 1.38 bits per heavy atom. The molecule has 11 heteroatoms. The van der Waals surface area contributed by atoms with Crippen LogP contribution in [0.3, 0.4) is 0 Å². The lowest BCUT2D eigenvalue weighted by atomic mass is 10.0. The maximum atomic E-state index is 14.4. The molecule has 0 fully saturated rings. The summed E-state index contributed by atoms with van der Waals surface area (Å²) in [7, 11) is 3.08. The van der Waals surface area contributed by atoms with Crippen molar-refractivity contribution in [2.75, 3.05) is 24.5 Å². The van der Waals surface area contributed by atoms with Crippen LogP contribution in [0.5, 0.6) is 11.5 Å². The number of para-hydroxylation sites is 2. The second-order valence-electron chi connectivity index (χ2n) is 13.3. The minimum atomic E-state index is -0.603. The van der Waals surface area contributed by atoms with Gasteiger partial charge in [-0.1, -0.05) is 97.1 Å². The number of fused-ring (bicyclic) bond motifs is 1. The van der Waals surface area contributed by atoms with E-state index in [0.717, 1.165) is 44.5 Å². The molecule has 1 aliphatic rings. The molecule has 284 valence electrons. The van der Waals surface area contributed by atoms with E-state index in [-0.39, 0.29) is 23.0 Å². The number of H-pyrrole nitrogens is 1. The number of aryl methyl sites for hydroxylation is 1. The van der Waals surface area contributed by atoms with Gasteiger partial charge >= 0.3 is 0 Å². The summed E-state index contributed by atoms with van der Waals surface area (Å²) in [6, 6.07) is 47.0. The van der Waals surface area contributed by atoms with Crippen molar-refractivity contribution in [3.05, 3.63) is 185 Å². The van der Waals surface area contributed by atoms with Gasteiger partial charge < -0.3 is 14.5 Å². The zero-order chi connectivity index (χ0) is 40.0. The number of carbonyl (C=O) groups excluding carboxylic acids is 2. The lowest BCUT2D eigenvalue weighted by Gasteiger charge is -2.18. The second-order valence-corrected chi connectivity index (χ2v) is 13.3. The van der Waals surface area contributed by atoms with Crippen LogP contribution in [0.2, 0.25) is 0 Å². The van der Waals surface area contributed by atoms with E-state index < -0.39 is 5.91 Å². The SMILES string of the molecule is COc1ccc(/C(N=NC(=O)c2ccc(N3C(=O)/C(=C/c4c(-c5ccccc5)[nH]c5ccccc45)N=C3c3ccccc3)cc2)=N\Nc2ccccc2C)cc1OC. The van der Waals surface area contributed by atoms with Crippen molar-refractivity contribution in [3.8, 4) is 22.8 Å². The number of carbonyl (C=O) groups is 2. The summed E-state index contributed by atoms with van der Waals surface area (Å²) in [5, 5.41) is 13.8. The third kappa shape index (κ3) is 7.52. The number of amides is 2. The molecule has 1 aliphatic heterocycles. The van der Waals surface area contributed by atoms with Crippen LogP contribution in [0.25, 0.3) is 28.2 Å². The predicted octanol–water partition coefficient (Wildman–Crippen LogP) is 10.1. The summed E-state index contributed by atoms with van der Waals surface area (Å²) in [6.45, 7) is 1.95. The highest BCUT2D eigenvalue weighted by atomic mass is 16.5. The number of hydrogen-bond acceptors (Lipinski definition) is 7. The zero-order valence-corrected chi connectivity index (χ0v) is 31.9. The Kier molecular flexibility index (Phi) is 10.5. The van der Waals surface area contributed by atoms with E-state index in [2.05, 4.69) is 25.7 Å². The smallest absolute Gasteiger partial charge is 0.295 e. The minimum Gasteiger partial charge on any atom is -0.493 e. The first-order valence-corrected chi connectivity index (χ1v) is 18.5. The maximum absolute atomic E-state index is 14.4. The van der Waals surface area contributed by atoms with Crippen LogP contribution in [-0.2, 0) is 4.79 Å². The first-order valence-electron chi connectivity index (χ1n) is 18.5. The van der Waals surface area contributed by atoms with Crippen molar-refractivity contribution >= 4 is 51.8 Å². The Morgan fingerprint density at radius 1 is 0.724 bits per heavy atom. The normalized spacial score (nSPS) is 13.7. The molecule has 2 N–H and O–H groups in total. The van der Waals surface area contributed by atoms with Crippen LogP contribution >= 0.6 is 0 Å². The Labute approximate surface area is 334 Å². The summed E-state index contributed by atoms with van der Waals surface area (Å²) in [5.41, 5.74) is 10.8. The standard InChI is InChI=1S/C47H37N7O4/c1-30-14-10-12-20-38(30)50-51-44(34-24-27-41(57-2)42(28-34)58-3)52-53-46(55)33-22-25-35(26-23-33)54-45(32-17-8-5-9-18-32)49-40(47(54)56)29-37-36-19-11-13-21-39(36)48-43(37)31-15-6-4-7-16-31/h4-29,48,50H,1-3H3/b40-29-,51-44+,53-52?. The summed E-state index contributed by atoms with van der Waals surface area (Å²) in [6.07, 6.45) is 1.84. The second kappa shape index (κ2) is 16.4. The van der Waals surface area contributed by atoms with Gasteiger partial charge in [0.15, 0.2) is 11.5 Å². The maximum Gasteiger partial charge on any atom is 0.295 e. The first kappa shape index (κ1) is 37.0. The van der Waals surface area contributed by atoms with E-state index in [1.54, 1.807) is 54.5 Å². The number of hydrogen-bond donors (Lipinski definition) is 2. The number of methoxy groups -OCH3 is 2. The fraction of sp³-hybridized carbons (Fsp3) is 0.0638. The topological polar surface area (TPSA) is 133 Å². The van der Waals surface area contributed by atoms with E-state index in [9.17, 15) is 9.59 Å². The van der Waals surface area contributed by atoms with Crippen LogP contribution in [0.1, 0.15) is 32.6 Å². The number of aromatic nitrogens is 1. The number of nitrogens with zero attached hydrogens (tertiary/aromatic N) is 5. The highest BCUT2D eigenvalue weighted by Crippen LogP contribution is 2.35. The van der Waals surface area contributed by atoms with E-state index in [1.807, 2.05) is 122 Å². The molecule has 0 saturated carbocycles. The first-order chi connectivity index (χ1) is 28.4. The molecule has 0 saturated heterocycles. The number of hydrazone groups is 1. The van der Waals surface area contributed by atoms with Gasteiger partial charge in [0.1, 0.15) is 11.5 Å². The van der Waals surface area contributed by atoms with Crippen LogP contribution in [0.4, 0.5) is 11.4 Å². The summed E-state index contributed by atoms with van der Waals surface area (Å²) >= 11 is 0. The number of aliphatic imine (C=N–C) groups is 1. The number of benzene rings is 6. The van der Waals surface area contributed by atoms with E-state index >= 15 is 0 Å². The van der Waals surface area contributed by atoms with Crippen LogP contribution < -0.4 is 19.8 Å². The Bertz CT molecular complexity index is 2770. The van der Waals surface area contributed by atoms with Crippen molar-refractivity contribution in [2.45, 2.75) is 6.92 Å². The van der Waals surface area contributed by atoms with Crippen LogP contribution in [0.15, 0.2) is 178 Å². The molecule has 0 radical (unpaired) electrons. The number of nitrogens with one attached hydrogen (secondary N) is 2. The number of ether oxygens (including phenoxy) is 2. The van der Waals surface area contributed by atoms with E-state index in [4.69, 9.17) is 14.5 Å². The molecule has 2 heterocycles. The van der Waals surface area contributed by atoms with Gasteiger partial charge in [0, 0.05) is 33.2 Å². The molecule has 2 amide bonds. The van der Waals surface area contributed by atoms with E-state index in [1.165, 1.54) is 7.11 Å². The third-order valence-electron chi connectivity index (χ3n) is 9.66. The summed E-state index contributed by atoms with van der Waals surface area (Å²) < 4.78 is 10.9. The molecule has 0 unspecified atom stereocenters. The number of azo groups is 1. The quantitative estimate of drug-likeness (QED) is 0.0470. The number of amidine groups is 2. The average molecular weight is 764 g/mol. The molecule has 0 bridgehead atoms. The molecule has 8 rings (SSSR count). The van der Waals surface area contributed by atoms with Gasteiger partial charge in [0.05, 0.1) is 31.3 Å². The van der Waals surface area contributed by atoms with Crippen molar-refractivity contribution < 1.29 is 19.1 Å². The molecule has 7 aromatic rings. The molecule has 58 heavy (non-hydrogen) atoms. The number of rotatable bonds is 10. The van der Waals surface area contributed by atoms with Crippen molar-refractivity contribution in [3.63, 3.8) is 0 Å². The predicted molar refractivity (Wildman–Crippen MR) is 229 cm³/mol. The van der Waals surface area contributed by atoms with Crippen molar-refractivity contribution in [1.29, 1.82) is 0 Å². The third-order valence-corrected chi connectivity index (χ3v) is 9.66. The fourth-order valence-electron chi connectivity index (χ4n) is 6.65. The number of anilines is 2. The van der Waals surface area contributed by atoms with E-state index in [0.29, 0.717) is 28.6 Å². The molecular formula is C47H37N7O4. The summed E-state index contributed by atoms with van der Waals surface area (Å²) in [4.78, 5) is 37.9. The van der Waals surface area contributed by atoms with Crippen molar-refractivity contribution in [2.24, 2.45) is 20.3 Å². The van der Waals surface area contributed by atoms with Gasteiger partial charge in [-0.25, -0.2) is 4.99 Å². The van der Waals surface area contributed by atoms with Crippen LogP contribution in [0, 0.1) is 6.92 Å². The van der Waals surface area contributed by atoms with Gasteiger partial charge in [-0.05, 0) is 78.7 Å². The van der Waals surface area contributed by atoms with Crippen LogP contribution in [-0.4, -0.2) is 42.7 Å². The molecule has 0 atom stereocenters. The van der Waals surface area contributed by atoms with Crippen molar-refractivity contribution in [1.82, 2.24) is 4.98 Å². The van der Waals surface area contributed by atoms with Gasteiger partial charge in [0.25, 0.3) is 11.8 Å². The lowest BCUT2D eigenvalue weighted by Crippen LogP contribution is -2.32. The zero-order valence-electron chi connectivity index (χ0n) is 31.9. The van der Waals surface area contributed by atoms with Gasteiger partial charge in [-0.15, -0.1) is 10.2 Å². The molecule has 11 nitrogen and oxygen atoms in total. The molecule has 0 aliphatic carbocycles. The largest absolute Gasteiger partial charge is 0.493 e. The molecule has 6 aromatic carbocycles. The van der Waals surface area contributed by atoms with Gasteiger partial charge in [-0.3, -0.25) is 19.9 Å². The monoisotopic (exact) mass is 763 g/mol. The highest BCUT2D eigenvalue weighted by Gasteiger charge is 2.33. The minimum absolute atomic E-state index is 0.144.